The fraction of sp³-hybridized carbons (Fsp3) is 0.143. The number of halogens is 12. The zero-order chi connectivity index (χ0) is 42.4. The molecule has 12 nitrogen and oxygen atoms in total. The van der Waals surface area contributed by atoms with E-state index in [9.17, 15) is 72.3 Å². The number of rotatable bonds is 12. The smallest absolute Gasteiger partial charge is 0.775 e. The van der Waals surface area contributed by atoms with Crippen molar-refractivity contribution in [2.75, 3.05) is 0 Å². The van der Waals surface area contributed by atoms with Crippen LogP contribution in [0.4, 0.5) is 52.7 Å². The van der Waals surface area contributed by atoms with Crippen molar-refractivity contribution >= 4 is 34.4 Å². The van der Waals surface area contributed by atoms with Gasteiger partial charge in [-0.1, -0.05) is 72.8 Å². The normalized spacial score (nSPS) is 13.5. The molecule has 29 heteroatoms. The quantitative estimate of drug-likeness (QED) is 0.0754. The van der Waals surface area contributed by atoms with E-state index in [1.54, 1.807) is 24.3 Å². The van der Waals surface area contributed by atoms with Gasteiger partial charge in [-0.2, -0.15) is 0 Å². The van der Waals surface area contributed by atoms with Gasteiger partial charge in [0.15, 0.2) is 34.4 Å². The average Bonchev–Trinajstić information content (AvgIpc) is 3.04. The Morgan fingerprint density at radius 1 is 0.298 bits per heavy atom. The first kappa shape index (κ1) is 54.3. The van der Waals surface area contributed by atoms with Gasteiger partial charge in [-0.3, -0.25) is 0 Å². The third-order valence-corrected chi connectivity index (χ3v) is 7.27. The van der Waals surface area contributed by atoms with E-state index in [-0.39, 0.29) is 42.5 Å². The van der Waals surface area contributed by atoms with Crippen LogP contribution in [0.15, 0.2) is 121 Å². The zero-order valence-electron chi connectivity index (χ0n) is 27.1. The Hall–Kier alpha value is -2.74. The van der Waals surface area contributed by atoms with Crippen LogP contribution in [0, 0.1) is 0 Å². The first-order valence-electron chi connectivity index (χ1n) is 13.7. The van der Waals surface area contributed by atoms with Crippen LogP contribution >= 0.6 is 34.4 Å². The van der Waals surface area contributed by atoms with Crippen LogP contribution in [-0.4, -0.2) is 25.4 Å². The van der Waals surface area contributed by atoms with Crippen LogP contribution in [-0.2, 0) is 37.6 Å². The molecule has 0 radical (unpaired) electrons. The van der Waals surface area contributed by atoms with Gasteiger partial charge >= 0.3 is 44.9 Å². The third kappa shape index (κ3) is 32.9. The van der Waals surface area contributed by atoms with Gasteiger partial charge in [-0.25, -0.2) is 18.1 Å². The second kappa shape index (κ2) is 27.1. The topological polar surface area (TPSA) is 166 Å². The molecule has 0 aromatic heterocycles. The molecule has 0 aliphatic rings. The van der Waals surface area contributed by atoms with Crippen molar-refractivity contribution in [3.8, 4) is 23.0 Å². The maximum Gasteiger partial charge on any atom is 4.00 e. The molecule has 0 fully saturated rings. The molecule has 4 rings (SSSR count). The first-order chi connectivity index (χ1) is 25.9. The van der Waals surface area contributed by atoms with E-state index in [1.807, 2.05) is 0 Å². The van der Waals surface area contributed by atoms with E-state index in [0.29, 0.717) is 0 Å². The summed E-state index contributed by atoms with van der Waals surface area (Å²) in [5, 5.41) is 0. The van der Waals surface area contributed by atoms with Crippen molar-refractivity contribution in [1.29, 1.82) is 0 Å². The summed E-state index contributed by atoms with van der Waals surface area (Å²) >= 11 is 0. The fourth-order valence-electron chi connectivity index (χ4n) is 2.68. The molecule has 0 N–H and O–H groups in total. The van der Waals surface area contributed by atoms with Crippen molar-refractivity contribution in [1.82, 2.24) is 0 Å². The minimum Gasteiger partial charge on any atom is -0.775 e. The maximum absolute atomic E-state index is 11.5. The Morgan fingerprint density at radius 3 is 0.561 bits per heavy atom. The van der Waals surface area contributed by atoms with Gasteiger partial charge in [0.2, 0.25) is 0 Å². The van der Waals surface area contributed by atoms with Crippen molar-refractivity contribution in [3.05, 3.63) is 121 Å². The molecule has 4 aromatic rings. The number of alkyl halides is 12. The molecular weight excluding hydrogens is 981 g/mol. The monoisotopic (exact) mass is 1000 g/mol. The van der Waals surface area contributed by atoms with Gasteiger partial charge in [0, 0.05) is 0 Å². The van der Waals surface area contributed by atoms with Crippen LogP contribution in [0.1, 0.15) is 0 Å². The molecule has 0 amide bonds. The fourth-order valence-corrected chi connectivity index (χ4v) is 4.68. The van der Waals surface area contributed by atoms with Gasteiger partial charge in [-0.05, 0) is 48.5 Å². The Labute approximate surface area is 331 Å². The van der Waals surface area contributed by atoms with Crippen LogP contribution in [0.5, 0.6) is 23.0 Å². The molecule has 0 aliphatic carbocycles. The van der Waals surface area contributed by atoms with Crippen LogP contribution in [0.2, 0.25) is 0 Å². The van der Waals surface area contributed by atoms with E-state index in [1.165, 1.54) is 97.1 Å². The van der Waals surface area contributed by atoms with Crippen molar-refractivity contribution in [3.63, 3.8) is 0 Å². The summed E-state index contributed by atoms with van der Waals surface area (Å²) < 4.78 is 168. The number of hydrogen-bond donors (Lipinski definition) is 0. The SMILES string of the molecule is [O-]P(Oc1ccccc1)OC(F)(F)F.[O-]P(Oc1ccccc1)OC(F)(F)F.[O-]P(Oc1ccccc1)OC(F)(F)F.[O-]P(Oc1ccccc1)OC(F)(F)F.[Ru+4]. The van der Waals surface area contributed by atoms with Gasteiger partial charge in [0.25, 0.3) is 0 Å². The third-order valence-electron chi connectivity index (χ3n) is 4.40. The number of hydrogen-bond acceptors (Lipinski definition) is 12. The summed E-state index contributed by atoms with van der Waals surface area (Å²) in [4.78, 5) is 42.4. The summed E-state index contributed by atoms with van der Waals surface area (Å²) in [6.45, 7) is 0. The zero-order valence-corrected chi connectivity index (χ0v) is 32.4. The second-order valence-electron chi connectivity index (χ2n) is 8.66. The van der Waals surface area contributed by atoms with Gasteiger partial charge in [0.05, 0.1) is 0 Å². The van der Waals surface area contributed by atoms with Crippen molar-refractivity contribution in [2.24, 2.45) is 0 Å². The van der Waals surface area contributed by atoms with Crippen molar-refractivity contribution < 1.29 is 128 Å². The van der Waals surface area contributed by atoms with E-state index in [2.05, 4.69) is 36.2 Å². The molecule has 0 saturated carbocycles. The van der Waals surface area contributed by atoms with Crippen LogP contribution in [0.25, 0.3) is 0 Å². The minimum absolute atomic E-state index is 0. The summed E-state index contributed by atoms with van der Waals surface area (Å²) in [6.07, 6.45) is -19.8. The van der Waals surface area contributed by atoms with Crippen molar-refractivity contribution in [2.45, 2.75) is 25.4 Å². The number of para-hydroxylation sites is 4. The molecule has 4 aromatic carbocycles. The Kier molecular flexibility index (Phi) is 25.8. The van der Waals surface area contributed by atoms with E-state index < -0.39 is 59.9 Å². The van der Waals surface area contributed by atoms with Crippen LogP contribution in [0.3, 0.4) is 0 Å². The molecule has 0 aliphatic heterocycles. The average molecular weight is 1000 g/mol. The molecule has 57 heavy (non-hydrogen) atoms. The van der Waals surface area contributed by atoms with Gasteiger partial charge in [0.1, 0.15) is 23.0 Å². The molecule has 316 valence electrons. The largest absolute Gasteiger partial charge is 4.00 e. The second-order valence-corrected chi connectivity index (χ2v) is 11.9. The summed E-state index contributed by atoms with van der Waals surface area (Å²) in [5.74, 6) is 0.214. The maximum atomic E-state index is 11.5. The predicted molar refractivity (Wildman–Crippen MR) is 165 cm³/mol. The number of benzene rings is 4. The molecule has 4 atom stereocenters. The molecule has 0 heterocycles. The summed E-state index contributed by atoms with van der Waals surface area (Å²) in [6, 6.07) is 29.8. The minimum atomic E-state index is -4.96. The molecule has 0 bridgehead atoms. The Balaban J connectivity index is 0.000000729. The first-order valence-corrected chi connectivity index (χ1v) is 18.1. The van der Waals surface area contributed by atoms with Gasteiger partial charge in [-0.15, -0.1) is 52.7 Å². The van der Waals surface area contributed by atoms with Gasteiger partial charge < -0.3 is 37.7 Å². The summed E-state index contributed by atoms with van der Waals surface area (Å²) in [5.41, 5.74) is 0. The van der Waals surface area contributed by atoms with E-state index >= 15 is 0 Å². The summed E-state index contributed by atoms with van der Waals surface area (Å²) in [7, 11) is -12.9. The standard InChI is InChI=1S/4C7H5F3O3P.Ru/c4*8-7(9,10)13-14(11)12-6-4-2-1-3-5-6;/h4*1-5H;/q4*-1;+4. The molecular formula is C28H20F12O12P4Ru. The molecule has 0 spiro atoms. The van der Waals surface area contributed by atoms with Crippen LogP contribution < -0.4 is 37.7 Å². The Morgan fingerprint density at radius 2 is 0.439 bits per heavy atom. The van der Waals surface area contributed by atoms with E-state index in [0.717, 1.165) is 0 Å². The molecule has 0 saturated heterocycles. The predicted octanol–water partition coefficient (Wildman–Crippen LogP) is 8.75. The molecule has 4 unspecified atom stereocenters. The Bertz CT molecular complexity index is 1350. The van der Waals surface area contributed by atoms with E-state index in [4.69, 9.17) is 0 Å².